The van der Waals surface area contributed by atoms with Gasteiger partial charge >= 0.3 is 24.3 Å². The molecular weight excluding hydrogens is 534 g/mol. The molecule has 0 unspecified atom stereocenters. The number of aliphatic carboxylic acids is 2. The molecule has 206 valence electrons. The van der Waals surface area contributed by atoms with Gasteiger partial charge in [0.1, 0.15) is 0 Å². The van der Waals surface area contributed by atoms with Crippen molar-refractivity contribution >= 4 is 23.3 Å². The molecule has 0 radical (unpaired) electrons. The van der Waals surface area contributed by atoms with Crippen LogP contribution in [0, 0.1) is 0 Å². The number of morpholine rings is 1. The molecule has 0 spiro atoms. The van der Waals surface area contributed by atoms with Gasteiger partial charge in [0, 0.05) is 30.2 Å². The predicted octanol–water partition coefficient (Wildman–Crippen LogP) is 4.36. The molecule has 0 bridgehead atoms. The Balaban J connectivity index is 0.000000286. The van der Waals surface area contributed by atoms with Gasteiger partial charge in [-0.25, -0.2) is 9.59 Å². The van der Waals surface area contributed by atoms with Gasteiger partial charge in [0.25, 0.3) is 0 Å². The molecule has 2 aliphatic rings. The van der Waals surface area contributed by atoms with Crippen molar-refractivity contribution in [3.05, 3.63) is 52.5 Å². The number of nitrogens with zero attached hydrogens (tertiary/aromatic N) is 2. The molecule has 4 rings (SSSR count). The third-order valence-corrected chi connectivity index (χ3v) is 6.11. The van der Waals surface area contributed by atoms with Crippen molar-refractivity contribution in [2.24, 2.45) is 0 Å². The average Bonchev–Trinajstić information content (AvgIpc) is 3.48. The zero-order valence-corrected chi connectivity index (χ0v) is 19.9. The number of rotatable bonds is 5. The van der Waals surface area contributed by atoms with Gasteiger partial charge < -0.3 is 19.7 Å². The Bertz CT molecular complexity index is 950. The first kappa shape index (κ1) is 30.5. The average molecular weight is 558 g/mol. The summed E-state index contributed by atoms with van der Waals surface area (Å²) < 4.78 is 75.7. The van der Waals surface area contributed by atoms with E-state index in [1.165, 1.54) is 4.88 Å². The number of carboxylic acids is 2. The number of aromatic nitrogens is 1. The second kappa shape index (κ2) is 13.7. The summed E-state index contributed by atoms with van der Waals surface area (Å²) in [6, 6.07) is 10.8. The van der Waals surface area contributed by atoms with Crippen LogP contribution in [-0.4, -0.2) is 75.8 Å². The number of halogens is 6. The SMILES string of the molecule is O=C(O)C(F)(F)F.O=C(O)C(F)(F)F.c1ccc(CO[C@@H]2CC[C@H]3[C@H]2OCCN3Cc2cccs2)nc1. The number of alkyl halides is 6. The Kier molecular flexibility index (Phi) is 11.3. The Labute approximate surface area is 211 Å². The monoisotopic (exact) mass is 558 g/mol. The zero-order valence-electron chi connectivity index (χ0n) is 19.1. The van der Waals surface area contributed by atoms with E-state index in [1.54, 1.807) is 0 Å². The summed E-state index contributed by atoms with van der Waals surface area (Å²) in [6.45, 7) is 3.43. The fourth-order valence-electron chi connectivity index (χ4n) is 3.65. The lowest BCUT2D eigenvalue weighted by Gasteiger charge is -2.38. The van der Waals surface area contributed by atoms with Gasteiger partial charge in [-0.3, -0.25) is 9.88 Å². The van der Waals surface area contributed by atoms with E-state index in [9.17, 15) is 26.3 Å². The van der Waals surface area contributed by atoms with Crippen LogP contribution in [0.25, 0.3) is 0 Å². The van der Waals surface area contributed by atoms with E-state index in [1.807, 2.05) is 35.7 Å². The van der Waals surface area contributed by atoms with E-state index in [-0.39, 0.29) is 12.2 Å². The zero-order chi connectivity index (χ0) is 27.6. The summed E-state index contributed by atoms with van der Waals surface area (Å²) in [5.41, 5.74) is 0.988. The minimum Gasteiger partial charge on any atom is -0.475 e. The Hall–Kier alpha value is -2.75. The van der Waals surface area contributed by atoms with Gasteiger partial charge in [-0.05, 0) is 36.4 Å². The fraction of sp³-hybridized carbons (Fsp3) is 0.500. The van der Waals surface area contributed by atoms with Crippen LogP contribution in [0.5, 0.6) is 0 Å². The number of hydrogen-bond acceptors (Lipinski definition) is 7. The summed E-state index contributed by atoms with van der Waals surface area (Å²) in [5.74, 6) is -5.51. The lowest BCUT2D eigenvalue weighted by molar-refractivity contribution is -0.193. The molecule has 0 aromatic carbocycles. The Morgan fingerprint density at radius 1 is 1.05 bits per heavy atom. The second-order valence-electron chi connectivity index (χ2n) is 7.81. The molecule has 8 nitrogen and oxygen atoms in total. The van der Waals surface area contributed by atoms with E-state index in [0.717, 1.165) is 38.2 Å². The van der Waals surface area contributed by atoms with Crippen LogP contribution in [0.3, 0.4) is 0 Å². The van der Waals surface area contributed by atoms with Gasteiger partial charge in [-0.15, -0.1) is 11.3 Å². The third kappa shape index (κ3) is 10.3. The van der Waals surface area contributed by atoms with Gasteiger partial charge in [0.15, 0.2) is 0 Å². The first-order valence-electron chi connectivity index (χ1n) is 10.8. The third-order valence-electron chi connectivity index (χ3n) is 5.25. The van der Waals surface area contributed by atoms with Crippen LogP contribution in [0.2, 0.25) is 0 Å². The smallest absolute Gasteiger partial charge is 0.475 e. The summed E-state index contributed by atoms with van der Waals surface area (Å²) >= 11 is 1.84. The van der Waals surface area contributed by atoms with Gasteiger partial charge in [0.2, 0.25) is 0 Å². The highest BCUT2D eigenvalue weighted by Gasteiger charge is 2.43. The molecule has 1 saturated heterocycles. The van der Waals surface area contributed by atoms with Crippen molar-refractivity contribution < 1.29 is 55.6 Å². The van der Waals surface area contributed by atoms with E-state index < -0.39 is 24.3 Å². The summed E-state index contributed by atoms with van der Waals surface area (Å²) in [6.07, 6.45) is -5.73. The van der Waals surface area contributed by atoms with E-state index >= 15 is 0 Å². The maximum Gasteiger partial charge on any atom is 0.490 e. The van der Waals surface area contributed by atoms with Crippen molar-refractivity contribution in [2.75, 3.05) is 13.2 Å². The van der Waals surface area contributed by atoms with Crippen LogP contribution < -0.4 is 0 Å². The number of ether oxygens (including phenoxy) is 2. The molecule has 37 heavy (non-hydrogen) atoms. The molecule has 1 saturated carbocycles. The number of carbonyl (C=O) groups is 2. The van der Waals surface area contributed by atoms with Crippen molar-refractivity contribution in [3.8, 4) is 0 Å². The van der Waals surface area contributed by atoms with Gasteiger partial charge in [-0.2, -0.15) is 26.3 Å². The van der Waals surface area contributed by atoms with Crippen LogP contribution in [0.4, 0.5) is 26.3 Å². The topological polar surface area (TPSA) is 109 Å². The highest BCUT2D eigenvalue weighted by molar-refractivity contribution is 7.09. The standard InChI is InChI=1S/C18H22N2O2S.2C2HF3O2/c1-2-8-19-14(4-1)13-22-17-7-6-16-18(17)21-10-9-20(16)12-15-5-3-11-23-15;2*3-2(4,5)1(6)7/h1-5,8,11,16-18H,6-7,9-10,12-13H2;2*(H,6,7)/t16-,17+,18+;;/m0../s1. The van der Waals surface area contributed by atoms with E-state index in [2.05, 4.69) is 27.4 Å². The molecule has 15 heteroatoms. The van der Waals surface area contributed by atoms with Crippen LogP contribution in [-0.2, 0) is 32.2 Å². The van der Waals surface area contributed by atoms with E-state index in [4.69, 9.17) is 29.3 Å². The number of pyridine rings is 1. The number of thiophene rings is 1. The highest BCUT2D eigenvalue weighted by Crippen LogP contribution is 2.33. The second-order valence-corrected chi connectivity index (χ2v) is 8.84. The fourth-order valence-corrected chi connectivity index (χ4v) is 4.37. The van der Waals surface area contributed by atoms with Crippen molar-refractivity contribution in [3.63, 3.8) is 0 Å². The minimum atomic E-state index is -5.08. The quantitative estimate of drug-likeness (QED) is 0.522. The lowest BCUT2D eigenvalue weighted by Crippen LogP contribution is -2.51. The van der Waals surface area contributed by atoms with Crippen LogP contribution in [0.15, 0.2) is 41.9 Å². The molecule has 1 aliphatic carbocycles. The first-order chi connectivity index (χ1) is 17.3. The summed E-state index contributed by atoms with van der Waals surface area (Å²) in [4.78, 5) is 26.1. The molecule has 1 aliphatic heterocycles. The van der Waals surface area contributed by atoms with Gasteiger partial charge in [0.05, 0.1) is 31.1 Å². The highest BCUT2D eigenvalue weighted by atomic mass is 32.1. The summed E-state index contributed by atoms with van der Waals surface area (Å²) in [5, 5.41) is 16.4. The van der Waals surface area contributed by atoms with Crippen LogP contribution in [0.1, 0.15) is 23.4 Å². The first-order valence-corrected chi connectivity index (χ1v) is 11.7. The van der Waals surface area contributed by atoms with E-state index in [0.29, 0.717) is 12.6 Å². The van der Waals surface area contributed by atoms with Crippen molar-refractivity contribution in [1.29, 1.82) is 0 Å². The molecule has 3 heterocycles. The molecular formula is C22H24F6N2O6S. The maximum atomic E-state index is 10.6. The van der Waals surface area contributed by atoms with Gasteiger partial charge in [-0.1, -0.05) is 12.1 Å². The largest absolute Gasteiger partial charge is 0.490 e. The molecule has 2 aromatic rings. The van der Waals surface area contributed by atoms with Crippen LogP contribution >= 0.6 is 11.3 Å². The number of hydrogen-bond donors (Lipinski definition) is 2. The van der Waals surface area contributed by atoms with Crippen molar-refractivity contribution in [2.45, 2.75) is 56.6 Å². The predicted molar refractivity (Wildman–Crippen MR) is 118 cm³/mol. The molecule has 0 amide bonds. The molecule has 2 N–H and O–H groups in total. The lowest BCUT2D eigenvalue weighted by atomic mass is 10.1. The Morgan fingerprint density at radius 3 is 2.22 bits per heavy atom. The summed E-state index contributed by atoms with van der Waals surface area (Å²) in [7, 11) is 0. The minimum absolute atomic E-state index is 0.188. The number of fused-ring (bicyclic) bond motifs is 1. The molecule has 2 fully saturated rings. The Morgan fingerprint density at radius 2 is 1.70 bits per heavy atom. The maximum absolute atomic E-state index is 10.6. The normalized spacial score (nSPS) is 21.6. The van der Waals surface area contributed by atoms with Crippen molar-refractivity contribution in [1.82, 2.24) is 9.88 Å². The molecule has 2 aromatic heterocycles. The molecule has 3 atom stereocenters. The number of carboxylic acid groups (broad SMARTS) is 2.